The number of imide groups is 1. The summed E-state index contributed by atoms with van der Waals surface area (Å²) in [5.74, 6) is 1.31. The van der Waals surface area contributed by atoms with Crippen LogP contribution in [0.4, 0.5) is 16.2 Å². The van der Waals surface area contributed by atoms with Crippen molar-refractivity contribution in [2.24, 2.45) is 0 Å². The van der Waals surface area contributed by atoms with Gasteiger partial charge in [0.15, 0.2) is 0 Å². The normalized spacial score (nSPS) is 14.7. The van der Waals surface area contributed by atoms with Crippen molar-refractivity contribution in [3.05, 3.63) is 79.9 Å². The summed E-state index contributed by atoms with van der Waals surface area (Å²) in [6.45, 7) is 0. The van der Waals surface area contributed by atoms with Crippen molar-refractivity contribution in [3.8, 4) is 0 Å². The van der Waals surface area contributed by atoms with E-state index in [1.54, 1.807) is 24.3 Å². The van der Waals surface area contributed by atoms with Gasteiger partial charge in [0.25, 0.3) is 17.3 Å². The largest absolute Gasteiger partial charge is 0.322 e. The molecule has 1 saturated heterocycles. The van der Waals surface area contributed by atoms with E-state index in [1.165, 1.54) is 47.8 Å². The minimum atomic E-state index is -1.08. The van der Waals surface area contributed by atoms with Gasteiger partial charge >= 0.3 is 6.03 Å². The number of rotatable bonds is 10. The Bertz CT molecular complexity index is 934. The van der Waals surface area contributed by atoms with Gasteiger partial charge in [0, 0.05) is 47.3 Å². The van der Waals surface area contributed by atoms with Crippen molar-refractivity contribution in [1.82, 2.24) is 10.6 Å². The zero-order valence-corrected chi connectivity index (χ0v) is 17.7. The van der Waals surface area contributed by atoms with Crippen LogP contribution in [-0.2, 0) is 16.3 Å². The molecule has 0 bridgehead atoms. The highest BCUT2D eigenvalue weighted by molar-refractivity contribution is 7.99. The number of urea groups is 1. The highest BCUT2D eigenvalue weighted by Crippen LogP contribution is 2.27. The van der Waals surface area contributed by atoms with Gasteiger partial charge in [-0.15, -0.1) is 0 Å². The number of benzene rings is 2. The van der Waals surface area contributed by atoms with Gasteiger partial charge in [-0.05, 0) is 11.1 Å². The molecule has 0 aliphatic carbocycles. The van der Waals surface area contributed by atoms with Crippen molar-refractivity contribution < 1.29 is 19.4 Å². The Morgan fingerprint density at radius 3 is 1.52 bits per heavy atom. The van der Waals surface area contributed by atoms with Gasteiger partial charge in [0.2, 0.25) is 0 Å². The average Bonchev–Trinajstić information content (AvgIpc) is 3.02. The van der Waals surface area contributed by atoms with Crippen LogP contribution in [0, 0.1) is 20.2 Å². The maximum Gasteiger partial charge on any atom is 0.322 e. The lowest BCUT2D eigenvalue weighted by Crippen LogP contribution is -2.51. The molecule has 162 valence electrons. The molecule has 3 amide bonds. The number of carbonyl (C=O) groups excluding carboxylic acids is 2. The second-order valence-electron chi connectivity index (χ2n) is 6.82. The van der Waals surface area contributed by atoms with Crippen molar-refractivity contribution in [1.29, 1.82) is 0 Å². The van der Waals surface area contributed by atoms with Crippen LogP contribution in [0.1, 0.15) is 11.1 Å². The van der Waals surface area contributed by atoms with Gasteiger partial charge < -0.3 is 5.32 Å². The monoisotopic (exact) mass is 462 g/mol. The standard InChI is InChI=1S/C19H18N4O6S2/c24-17-19(21-18(25)20-17,11-30-9-13-1-5-15(6-2-13)22(26)27)12-31-10-14-3-7-16(8-4-14)23(28)29/h1-8H,9-12H2,(H2,20,21,24,25). The van der Waals surface area contributed by atoms with Crippen LogP contribution in [0.5, 0.6) is 0 Å². The minimum absolute atomic E-state index is 0.00954. The third-order valence-electron chi connectivity index (χ3n) is 4.54. The van der Waals surface area contributed by atoms with Crippen LogP contribution in [0.3, 0.4) is 0 Å². The topological polar surface area (TPSA) is 144 Å². The molecule has 0 aromatic heterocycles. The van der Waals surface area contributed by atoms with Crippen molar-refractivity contribution in [3.63, 3.8) is 0 Å². The molecule has 0 atom stereocenters. The number of non-ortho nitro benzene ring substituents is 2. The smallest absolute Gasteiger partial charge is 0.322 e. The summed E-state index contributed by atoms with van der Waals surface area (Å²) in [7, 11) is 0. The lowest BCUT2D eigenvalue weighted by molar-refractivity contribution is -0.385. The fraction of sp³-hybridized carbons (Fsp3) is 0.263. The van der Waals surface area contributed by atoms with E-state index < -0.39 is 27.3 Å². The number of nitro benzene ring substituents is 2. The molecule has 10 nitrogen and oxygen atoms in total. The number of nitrogens with zero attached hydrogens (tertiary/aromatic N) is 2. The molecule has 12 heteroatoms. The number of thioether (sulfide) groups is 2. The Morgan fingerprint density at radius 2 is 1.19 bits per heavy atom. The predicted octanol–water partition coefficient (Wildman–Crippen LogP) is 3.25. The fourth-order valence-corrected chi connectivity index (χ4v) is 5.38. The van der Waals surface area contributed by atoms with Gasteiger partial charge in [-0.2, -0.15) is 23.5 Å². The van der Waals surface area contributed by atoms with E-state index in [0.717, 1.165) is 11.1 Å². The molecule has 2 aromatic rings. The molecule has 1 aliphatic heterocycles. The Labute approximate surface area is 185 Å². The van der Waals surface area contributed by atoms with Crippen LogP contribution < -0.4 is 10.6 Å². The van der Waals surface area contributed by atoms with Crippen LogP contribution in [-0.4, -0.2) is 38.8 Å². The summed E-state index contributed by atoms with van der Waals surface area (Å²) in [4.78, 5) is 44.8. The van der Waals surface area contributed by atoms with E-state index >= 15 is 0 Å². The van der Waals surface area contributed by atoms with E-state index in [-0.39, 0.29) is 11.4 Å². The van der Waals surface area contributed by atoms with Crippen LogP contribution in [0.2, 0.25) is 0 Å². The molecule has 1 aliphatic rings. The van der Waals surface area contributed by atoms with E-state index in [2.05, 4.69) is 10.6 Å². The van der Waals surface area contributed by atoms with Crippen molar-refractivity contribution in [2.75, 3.05) is 11.5 Å². The average molecular weight is 463 g/mol. The summed E-state index contributed by atoms with van der Waals surface area (Å²) in [5, 5.41) is 26.5. The minimum Gasteiger partial charge on any atom is -0.322 e. The van der Waals surface area contributed by atoms with Crippen LogP contribution in [0.15, 0.2) is 48.5 Å². The molecular weight excluding hydrogens is 444 g/mol. The lowest BCUT2D eigenvalue weighted by Gasteiger charge is -2.25. The molecule has 0 radical (unpaired) electrons. The quantitative estimate of drug-likeness (QED) is 0.311. The van der Waals surface area contributed by atoms with Gasteiger partial charge in [-0.3, -0.25) is 30.3 Å². The van der Waals surface area contributed by atoms with Gasteiger partial charge in [-0.25, -0.2) is 4.79 Å². The Hall–Kier alpha value is -3.12. The zero-order chi connectivity index (χ0) is 22.4. The summed E-state index contributed by atoms with van der Waals surface area (Å²) in [6.07, 6.45) is 0. The van der Waals surface area contributed by atoms with Gasteiger partial charge in [0.05, 0.1) is 9.85 Å². The number of nitro groups is 2. The second-order valence-corrected chi connectivity index (χ2v) is 8.79. The molecule has 3 rings (SSSR count). The summed E-state index contributed by atoms with van der Waals surface area (Å²) in [6, 6.07) is 11.8. The highest BCUT2D eigenvalue weighted by atomic mass is 32.2. The fourth-order valence-electron chi connectivity index (χ4n) is 2.89. The molecule has 31 heavy (non-hydrogen) atoms. The van der Waals surface area contributed by atoms with Crippen LogP contribution >= 0.6 is 23.5 Å². The third-order valence-corrected chi connectivity index (χ3v) is 7.01. The first-order chi connectivity index (χ1) is 14.8. The molecular formula is C19H18N4O6S2. The molecule has 0 saturated carbocycles. The molecule has 1 fully saturated rings. The van der Waals surface area contributed by atoms with E-state index in [4.69, 9.17) is 0 Å². The first kappa shape index (κ1) is 22.6. The maximum absolute atomic E-state index is 12.5. The summed E-state index contributed by atoms with van der Waals surface area (Å²) < 4.78 is 0. The Balaban J connectivity index is 1.57. The first-order valence-corrected chi connectivity index (χ1v) is 11.4. The van der Waals surface area contributed by atoms with E-state index in [9.17, 15) is 29.8 Å². The van der Waals surface area contributed by atoms with E-state index in [0.29, 0.717) is 23.0 Å². The number of carbonyl (C=O) groups is 2. The zero-order valence-electron chi connectivity index (χ0n) is 16.1. The van der Waals surface area contributed by atoms with Crippen molar-refractivity contribution >= 4 is 46.8 Å². The SMILES string of the molecule is O=C1NC(=O)C(CSCc2ccc([N+](=O)[O-])cc2)(CSCc2ccc([N+](=O)[O-])cc2)N1. The molecule has 0 spiro atoms. The van der Waals surface area contributed by atoms with Crippen LogP contribution in [0.25, 0.3) is 0 Å². The highest BCUT2D eigenvalue weighted by Gasteiger charge is 2.45. The number of hydrogen-bond donors (Lipinski definition) is 2. The molecule has 2 N–H and O–H groups in total. The number of amides is 3. The molecule has 1 heterocycles. The first-order valence-electron chi connectivity index (χ1n) is 9.05. The Morgan fingerprint density at radius 1 is 0.774 bits per heavy atom. The molecule has 2 aromatic carbocycles. The molecule has 0 unspecified atom stereocenters. The van der Waals surface area contributed by atoms with E-state index in [1.807, 2.05) is 0 Å². The Kier molecular flexibility index (Phi) is 7.13. The van der Waals surface area contributed by atoms with Gasteiger partial charge in [0.1, 0.15) is 5.54 Å². The summed E-state index contributed by atoms with van der Waals surface area (Å²) in [5.41, 5.74) is 0.683. The lowest BCUT2D eigenvalue weighted by atomic mass is 10.1. The predicted molar refractivity (Wildman–Crippen MR) is 118 cm³/mol. The van der Waals surface area contributed by atoms with Gasteiger partial charge in [-0.1, -0.05) is 24.3 Å². The summed E-state index contributed by atoms with van der Waals surface area (Å²) >= 11 is 2.88. The number of hydrogen-bond acceptors (Lipinski definition) is 8. The third kappa shape index (κ3) is 5.73. The van der Waals surface area contributed by atoms with Crippen molar-refractivity contribution in [2.45, 2.75) is 17.0 Å². The number of nitrogens with one attached hydrogen (secondary N) is 2. The second kappa shape index (κ2) is 9.79. The maximum atomic E-state index is 12.5.